The fourth-order valence-corrected chi connectivity index (χ4v) is 3.37. The van der Waals surface area contributed by atoms with Gasteiger partial charge in [-0.3, -0.25) is 4.90 Å². The van der Waals surface area contributed by atoms with Crippen molar-refractivity contribution in [3.05, 3.63) is 48.0 Å². The third-order valence-electron chi connectivity index (χ3n) is 5.31. The van der Waals surface area contributed by atoms with E-state index in [0.717, 1.165) is 19.6 Å². The number of rotatable bonds is 5. The van der Waals surface area contributed by atoms with Crippen LogP contribution in [0.15, 0.2) is 42.5 Å². The first-order chi connectivity index (χ1) is 10.1. The summed E-state index contributed by atoms with van der Waals surface area (Å²) >= 11 is 0. The Hall–Kier alpha value is -1.12. The van der Waals surface area contributed by atoms with Crippen LogP contribution in [-0.2, 0) is 5.54 Å². The molecule has 0 amide bonds. The Labute approximate surface area is 130 Å². The molecule has 1 aromatic rings. The van der Waals surface area contributed by atoms with Crippen molar-refractivity contribution in [1.29, 1.82) is 0 Å². The van der Waals surface area contributed by atoms with E-state index >= 15 is 0 Å². The van der Waals surface area contributed by atoms with Gasteiger partial charge in [0, 0.05) is 25.2 Å². The average molecular weight is 286 g/mol. The van der Waals surface area contributed by atoms with Gasteiger partial charge in [0.1, 0.15) is 0 Å². The Morgan fingerprint density at radius 1 is 1.19 bits per heavy atom. The quantitative estimate of drug-likeness (QED) is 0.825. The van der Waals surface area contributed by atoms with Gasteiger partial charge in [0.25, 0.3) is 0 Å². The number of piperazine rings is 1. The zero-order valence-corrected chi connectivity index (χ0v) is 14.0. The van der Waals surface area contributed by atoms with Crippen molar-refractivity contribution in [3.63, 3.8) is 0 Å². The maximum absolute atomic E-state index is 3.86. The number of benzene rings is 1. The second-order valence-corrected chi connectivity index (χ2v) is 6.43. The van der Waals surface area contributed by atoms with Crippen molar-refractivity contribution < 1.29 is 0 Å². The van der Waals surface area contributed by atoms with Crippen molar-refractivity contribution in [1.82, 2.24) is 10.2 Å². The first-order valence-corrected chi connectivity index (χ1v) is 8.27. The highest BCUT2D eigenvalue weighted by Crippen LogP contribution is 2.35. The highest BCUT2D eigenvalue weighted by atomic mass is 15.3. The topological polar surface area (TPSA) is 15.3 Å². The van der Waals surface area contributed by atoms with Gasteiger partial charge in [-0.05, 0) is 32.3 Å². The van der Waals surface area contributed by atoms with Gasteiger partial charge in [0.15, 0.2) is 0 Å². The van der Waals surface area contributed by atoms with Crippen LogP contribution in [0, 0.1) is 0 Å². The zero-order valence-electron chi connectivity index (χ0n) is 14.0. The van der Waals surface area contributed by atoms with Crippen LogP contribution in [-0.4, -0.2) is 30.1 Å². The van der Waals surface area contributed by atoms with Gasteiger partial charge in [-0.15, -0.1) is 0 Å². The standard InChI is InChI=1S/C19H30N2/c1-5-8-14-21-16-19(6-2,7-3)20-15-18(21,4)17-12-10-9-11-13-17/h5,8-13,20H,6-7,14-16H2,1-4H3/b8-5+. The zero-order chi connectivity index (χ0) is 15.3. The predicted octanol–water partition coefficient (Wildman–Crippen LogP) is 3.94. The van der Waals surface area contributed by atoms with Crippen LogP contribution in [0.5, 0.6) is 0 Å². The Balaban J connectivity index is 2.32. The maximum Gasteiger partial charge on any atom is 0.0561 e. The molecule has 0 aliphatic carbocycles. The Morgan fingerprint density at radius 2 is 1.86 bits per heavy atom. The molecule has 0 saturated carbocycles. The molecule has 1 atom stereocenters. The number of nitrogens with zero attached hydrogens (tertiary/aromatic N) is 1. The van der Waals surface area contributed by atoms with Crippen LogP contribution in [0.25, 0.3) is 0 Å². The Morgan fingerprint density at radius 3 is 2.43 bits per heavy atom. The van der Waals surface area contributed by atoms with E-state index in [-0.39, 0.29) is 11.1 Å². The van der Waals surface area contributed by atoms with Gasteiger partial charge in [-0.1, -0.05) is 56.3 Å². The summed E-state index contributed by atoms with van der Waals surface area (Å²) in [6.45, 7) is 12.2. The number of nitrogens with one attached hydrogen (secondary N) is 1. The second-order valence-electron chi connectivity index (χ2n) is 6.43. The molecular formula is C19H30N2. The molecule has 1 unspecified atom stereocenters. The molecule has 116 valence electrons. The minimum atomic E-state index is 0.0641. The smallest absolute Gasteiger partial charge is 0.0561 e. The lowest BCUT2D eigenvalue weighted by molar-refractivity contribution is 0.0180. The van der Waals surface area contributed by atoms with Crippen LogP contribution >= 0.6 is 0 Å². The first-order valence-electron chi connectivity index (χ1n) is 8.27. The van der Waals surface area contributed by atoms with Crippen LogP contribution in [0.3, 0.4) is 0 Å². The summed E-state index contributed by atoms with van der Waals surface area (Å²) in [6, 6.07) is 10.9. The fraction of sp³-hybridized carbons (Fsp3) is 0.579. The van der Waals surface area contributed by atoms with Crippen molar-refractivity contribution >= 4 is 0 Å². The lowest BCUT2D eigenvalue weighted by Gasteiger charge is -2.53. The molecule has 2 nitrogen and oxygen atoms in total. The predicted molar refractivity (Wildman–Crippen MR) is 91.5 cm³/mol. The Kier molecular flexibility index (Phi) is 5.23. The molecule has 1 aliphatic rings. The summed E-state index contributed by atoms with van der Waals surface area (Å²) in [7, 11) is 0. The fourth-order valence-electron chi connectivity index (χ4n) is 3.37. The SMILES string of the molecule is C/C=C/CN1CC(CC)(CC)NCC1(C)c1ccccc1. The summed E-state index contributed by atoms with van der Waals surface area (Å²) in [5.74, 6) is 0. The van der Waals surface area contributed by atoms with Gasteiger partial charge in [0.2, 0.25) is 0 Å². The summed E-state index contributed by atoms with van der Waals surface area (Å²) in [5.41, 5.74) is 1.73. The molecule has 2 heteroatoms. The van der Waals surface area contributed by atoms with E-state index in [4.69, 9.17) is 0 Å². The van der Waals surface area contributed by atoms with Crippen molar-refractivity contribution in [2.45, 2.75) is 51.6 Å². The number of hydrogen-bond donors (Lipinski definition) is 1. The molecule has 1 N–H and O–H groups in total. The van der Waals surface area contributed by atoms with E-state index in [1.807, 2.05) is 0 Å². The molecule has 1 aliphatic heterocycles. The summed E-state index contributed by atoms with van der Waals surface area (Å²) in [5, 5.41) is 3.86. The van der Waals surface area contributed by atoms with E-state index in [0.29, 0.717) is 0 Å². The van der Waals surface area contributed by atoms with E-state index in [1.165, 1.54) is 18.4 Å². The summed E-state index contributed by atoms with van der Waals surface area (Å²) < 4.78 is 0. The largest absolute Gasteiger partial charge is 0.308 e. The van der Waals surface area contributed by atoms with Crippen LogP contribution in [0.4, 0.5) is 0 Å². The molecule has 1 heterocycles. The monoisotopic (exact) mass is 286 g/mol. The average Bonchev–Trinajstić information content (AvgIpc) is 2.55. The molecule has 1 saturated heterocycles. The van der Waals surface area contributed by atoms with Crippen molar-refractivity contribution in [3.8, 4) is 0 Å². The van der Waals surface area contributed by atoms with Gasteiger partial charge < -0.3 is 5.32 Å². The molecule has 0 bridgehead atoms. The van der Waals surface area contributed by atoms with E-state index in [9.17, 15) is 0 Å². The van der Waals surface area contributed by atoms with E-state index in [1.54, 1.807) is 0 Å². The molecule has 21 heavy (non-hydrogen) atoms. The number of hydrogen-bond acceptors (Lipinski definition) is 2. The molecule has 0 radical (unpaired) electrons. The van der Waals surface area contributed by atoms with Gasteiger partial charge in [-0.2, -0.15) is 0 Å². The Bertz CT molecular complexity index is 462. The first kappa shape index (κ1) is 16.3. The van der Waals surface area contributed by atoms with Crippen molar-refractivity contribution in [2.75, 3.05) is 19.6 Å². The third-order valence-corrected chi connectivity index (χ3v) is 5.31. The van der Waals surface area contributed by atoms with E-state index < -0.39 is 0 Å². The molecule has 1 fully saturated rings. The molecule has 0 aromatic heterocycles. The second kappa shape index (κ2) is 6.76. The van der Waals surface area contributed by atoms with Crippen LogP contribution < -0.4 is 5.32 Å². The highest BCUT2D eigenvalue weighted by molar-refractivity contribution is 5.26. The van der Waals surface area contributed by atoms with Gasteiger partial charge in [-0.25, -0.2) is 0 Å². The highest BCUT2D eigenvalue weighted by Gasteiger charge is 2.43. The number of allylic oxidation sites excluding steroid dienone is 1. The lowest BCUT2D eigenvalue weighted by atomic mass is 9.80. The molecule has 0 spiro atoms. The van der Waals surface area contributed by atoms with Crippen LogP contribution in [0.1, 0.15) is 46.1 Å². The maximum atomic E-state index is 3.86. The van der Waals surface area contributed by atoms with Crippen LogP contribution in [0.2, 0.25) is 0 Å². The molecule has 2 rings (SSSR count). The van der Waals surface area contributed by atoms with E-state index in [2.05, 4.69) is 80.4 Å². The van der Waals surface area contributed by atoms with Gasteiger partial charge >= 0.3 is 0 Å². The minimum absolute atomic E-state index is 0.0641. The lowest BCUT2D eigenvalue weighted by Crippen LogP contribution is -2.67. The van der Waals surface area contributed by atoms with Crippen molar-refractivity contribution in [2.24, 2.45) is 0 Å². The van der Waals surface area contributed by atoms with Gasteiger partial charge in [0.05, 0.1) is 5.54 Å². The summed E-state index contributed by atoms with van der Waals surface area (Å²) in [4.78, 5) is 2.64. The third kappa shape index (κ3) is 3.22. The molecule has 1 aromatic carbocycles. The molecular weight excluding hydrogens is 256 g/mol. The minimum Gasteiger partial charge on any atom is -0.308 e. The summed E-state index contributed by atoms with van der Waals surface area (Å²) in [6.07, 6.45) is 6.80. The normalized spacial score (nSPS) is 26.3.